The molecular weight excluding hydrogens is 479 g/mol. The fourth-order valence-corrected chi connectivity index (χ4v) is 3.95. The summed E-state index contributed by atoms with van der Waals surface area (Å²) in [4.78, 5) is 16.5. The van der Waals surface area contributed by atoms with Gasteiger partial charge in [0, 0.05) is 28.8 Å². The second-order valence-corrected chi connectivity index (χ2v) is 8.37. The fourth-order valence-electron chi connectivity index (χ4n) is 3.82. The molecule has 3 heterocycles. The third-order valence-corrected chi connectivity index (χ3v) is 5.79. The van der Waals surface area contributed by atoms with Crippen LogP contribution in [0.1, 0.15) is 22.4 Å². The molecule has 0 atom stereocenters. The van der Waals surface area contributed by atoms with Crippen molar-refractivity contribution in [3.05, 3.63) is 117 Å². The van der Waals surface area contributed by atoms with Gasteiger partial charge in [-0.1, -0.05) is 60.1 Å². The summed E-state index contributed by atoms with van der Waals surface area (Å²) in [5, 5.41) is 9.42. The summed E-state index contributed by atoms with van der Waals surface area (Å²) >= 11 is 6.06. The third-order valence-electron chi connectivity index (χ3n) is 5.54. The number of halogens is 4. The van der Waals surface area contributed by atoms with Crippen molar-refractivity contribution >= 4 is 17.2 Å². The lowest BCUT2D eigenvalue weighted by Crippen LogP contribution is -2.23. The molecule has 2 aromatic carbocycles. The smallest absolute Gasteiger partial charge is 0.251 e. The molecule has 5 rings (SSSR count). The van der Waals surface area contributed by atoms with E-state index < -0.39 is 17.6 Å². The van der Waals surface area contributed by atoms with Crippen LogP contribution in [0.25, 0.3) is 16.8 Å². The number of hydrogen-bond acceptors (Lipinski definition) is 4. The van der Waals surface area contributed by atoms with E-state index in [1.165, 1.54) is 15.3 Å². The maximum atomic E-state index is 13.0. The SMILES string of the molecule is O=c1n(Cc2ccc(C(F)(F)F)nc2)nc2c(Cc3ccccc3)c(-c3ccc(Cl)cc3)cnn12. The lowest BCUT2D eigenvalue weighted by Gasteiger charge is -2.10. The monoisotopic (exact) mass is 495 g/mol. The molecule has 0 bridgehead atoms. The number of aromatic nitrogens is 5. The van der Waals surface area contributed by atoms with Crippen molar-refractivity contribution in [1.82, 2.24) is 24.4 Å². The first kappa shape index (κ1) is 22.8. The van der Waals surface area contributed by atoms with Gasteiger partial charge in [0.2, 0.25) is 0 Å². The lowest BCUT2D eigenvalue weighted by molar-refractivity contribution is -0.141. The van der Waals surface area contributed by atoms with E-state index in [1.807, 2.05) is 42.5 Å². The zero-order valence-electron chi connectivity index (χ0n) is 18.1. The first-order valence-corrected chi connectivity index (χ1v) is 11.0. The number of benzene rings is 2. The van der Waals surface area contributed by atoms with Crippen LogP contribution in [0.4, 0.5) is 13.2 Å². The van der Waals surface area contributed by atoms with Crippen molar-refractivity contribution in [3.8, 4) is 11.1 Å². The molecule has 0 unspecified atom stereocenters. The van der Waals surface area contributed by atoms with Gasteiger partial charge in [-0.15, -0.1) is 5.10 Å². The van der Waals surface area contributed by atoms with Gasteiger partial charge in [-0.25, -0.2) is 9.48 Å². The number of fused-ring (bicyclic) bond motifs is 1. The molecular formula is C25H17ClF3N5O. The van der Waals surface area contributed by atoms with Gasteiger partial charge in [-0.2, -0.15) is 22.8 Å². The highest BCUT2D eigenvalue weighted by atomic mass is 35.5. The van der Waals surface area contributed by atoms with E-state index in [0.29, 0.717) is 22.7 Å². The van der Waals surface area contributed by atoms with Crippen LogP contribution in [0.3, 0.4) is 0 Å². The molecule has 0 aliphatic carbocycles. The topological polar surface area (TPSA) is 65.1 Å². The van der Waals surface area contributed by atoms with Gasteiger partial charge in [0.25, 0.3) is 0 Å². The van der Waals surface area contributed by atoms with Crippen molar-refractivity contribution in [2.75, 3.05) is 0 Å². The van der Waals surface area contributed by atoms with Crippen LogP contribution in [-0.4, -0.2) is 24.4 Å². The maximum Gasteiger partial charge on any atom is 0.433 e. The van der Waals surface area contributed by atoms with Crippen molar-refractivity contribution in [2.24, 2.45) is 0 Å². The Morgan fingerprint density at radius 2 is 1.63 bits per heavy atom. The largest absolute Gasteiger partial charge is 0.433 e. The summed E-state index contributed by atoms with van der Waals surface area (Å²) in [5.74, 6) is 0. The Labute approximate surface area is 202 Å². The summed E-state index contributed by atoms with van der Waals surface area (Å²) in [6.07, 6.45) is -1.34. The minimum atomic E-state index is -4.53. The van der Waals surface area contributed by atoms with Gasteiger partial charge in [0.1, 0.15) is 5.69 Å². The average molecular weight is 496 g/mol. The van der Waals surface area contributed by atoms with Crippen LogP contribution in [0.2, 0.25) is 5.02 Å². The van der Waals surface area contributed by atoms with Crippen LogP contribution >= 0.6 is 11.6 Å². The Bertz CT molecular complexity index is 1540. The molecule has 0 aliphatic heterocycles. The maximum absolute atomic E-state index is 13.0. The van der Waals surface area contributed by atoms with Gasteiger partial charge in [-0.05, 0) is 34.9 Å². The summed E-state index contributed by atoms with van der Waals surface area (Å²) in [6.45, 7) is -0.0472. The Balaban J connectivity index is 1.60. The van der Waals surface area contributed by atoms with Crippen LogP contribution < -0.4 is 5.69 Å². The summed E-state index contributed by atoms with van der Waals surface area (Å²) < 4.78 is 40.9. The number of nitrogens with zero attached hydrogens (tertiary/aromatic N) is 5. The molecule has 5 aromatic rings. The van der Waals surface area contributed by atoms with E-state index in [0.717, 1.165) is 34.5 Å². The zero-order valence-corrected chi connectivity index (χ0v) is 18.8. The molecule has 10 heteroatoms. The van der Waals surface area contributed by atoms with Gasteiger partial charge >= 0.3 is 11.9 Å². The molecule has 0 fully saturated rings. The Morgan fingerprint density at radius 1 is 0.886 bits per heavy atom. The van der Waals surface area contributed by atoms with Gasteiger partial charge in [0.15, 0.2) is 5.65 Å². The molecule has 35 heavy (non-hydrogen) atoms. The molecule has 0 radical (unpaired) electrons. The lowest BCUT2D eigenvalue weighted by atomic mass is 9.97. The first-order chi connectivity index (χ1) is 16.8. The fraction of sp³-hybridized carbons (Fsp3) is 0.120. The minimum Gasteiger partial charge on any atom is -0.251 e. The number of hydrogen-bond donors (Lipinski definition) is 0. The van der Waals surface area contributed by atoms with E-state index >= 15 is 0 Å². The highest BCUT2D eigenvalue weighted by Crippen LogP contribution is 2.29. The second-order valence-electron chi connectivity index (χ2n) is 7.93. The predicted octanol–water partition coefficient (Wildman–Crippen LogP) is 5.26. The standard InChI is InChI=1S/C25H17ClF3N5O/c26-19-9-7-18(8-10-19)21-14-31-34-23(20(21)12-16-4-2-1-3-5-16)32-33(24(34)35)15-17-6-11-22(30-13-17)25(27,28)29/h1-11,13-14H,12,15H2. The van der Waals surface area contributed by atoms with Crippen LogP contribution in [0.5, 0.6) is 0 Å². The van der Waals surface area contributed by atoms with Gasteiger partial charge in [0.05, 0.1) is 12.7 Å². The summed E-state index contributed by atoms with van der Waals surface area (Å²) in [7, 11) is 0. The van der Waals surface area contributed by atoms with E-state index in [9.17, 15) is 18.0 Å². The first-order valence-electron chi connectivity index (χ1n) is 10.6. The Hall–Kier alpha value is -3.98. The van der Waals surface area contributed by atoms with Crippen LogP contribution in [0.15, 0.2) is 83.9 Å². The van der Waals surface area contributed by atoms with Gasteiger partial charge < -0.3 is 0 Å². The van der Waals surface area contributed by atoms with Crippen molar-refractivity contribution in [1.29, 1.82) is 0 Å². The number of rotatable bonds is 5. The van der Waals surface area contributed by atoms with Crippen LogP contribution in [0, 0.1) is 0 Å². The molecule has 6 nitrogen and oxygen atoms in total. The Kier molecular flexibility index (Phi) is 5.86. The number of alkyl halides is 3. The van der Waals surface area contributed by atoms with E-state index in [1.54, 1.807) is 18.3 Å². The zero-order chi connectivity index (χ0) is 24.6. The quantitative estimate of drug-likeness (QED) is 0.333. The summed E-state index contributed by atoms with van der Waals surface area (Å²) in [5.41, 5.74) is 2.74. The molecule has 0 saturated carbocycles. The normalized spacial score (nSPS) is 11.8. The van der Waals surface area contributed by atoms with Crippen molar-refractivity contribution in [3.63, 3.8) is 0 Å². The molecule has 0 N–H and O–H groups in total. The average Bonchev–Trinajstić information content (AvgIpc) is 3.16. The minimum absolute atomic E-state index is 0.0472. The van der Waals surface area contributed by atoms with Gasteiger partial charge in [-0.3, -0.25) is 4.98 Å². The second kappa shape index (κ2) is 8.99. The predicted molar refractivity (Wildman–Crippen MR) is 125 cm³/mol. The van der Waals surface area contributed by atoms with E-state index in [4.69, 9.17) is 11.6 Å². The molecule has 3 aromatic heterocycles. The van der Waals surface area contributed by atoms with E-state index in [2.05, 4.69) is 15.2 Å². The van der Waals surface area contributed by atoms with Crippen LogP contribution in [-0.2, 0) is 19.1 Å². The summed E-state index contributed by atoms with van der Waals surface area (Å²) in [6, 6.07) is 19.2. The Morgan fingerprint density at radius 3 is 2.29 bits per heavy atom. The van der Waals surface area contributed by atoms with Crippen molar-refractivity contribution in [2.45, 2.75) is 19.1 Å². The van der Waals surface area contributed by atoms with E-state index in [-0.39, 0.29) is 6.54 Å². The molecule has 0 amide bonds. The molecule has 0 saturated heterocycles. The highest BCUT2D eigenvalue weighted by Gasteiger charge is 2.32. The molecule has 0 spiro atoms. The highest BCUT2D eigenvalue weighted by molar-refractivity contribution is 6.30. The third kappa shape index (κ3) is 4.67. The number of pyridine rings is 1. The molecule has 176 valence electrons. The molecule has 0 aliphatic rings. The van der Waals surface area contributed by atoms with Crippen molar-refractivity contribution < 1.29 is 13.2 Å².